The zero-order chi connectivity index (χ0) is 35.0. The van der Waals surface area contributed by atoms with Crippen molar-refractivity contribution in [1.29, 1.82) is 0 Å². The van der Waals surface area contributed by atoms with E-state index in [1.165, 1.54) is 0 Å². The summed E-state index contributed by atoms with van der Waals surface area (Å²) in [6.07, 6.45) is -0.875. The SMILES string of the molecule is CO[C@]1(C)C[C@H](O[C@H]2[C@H](C)[C@@H](O[C@@H]3O[C@H](C)C[C@H](C)[C@H]3C)[C@](C)(O)C[C@@H](C)CN(C)C(=O)C[C@@H]3CCCN3C(=O)[C@@H]2C)O[C@@H](C)[C@@H]1O. The van der Waals surface area contributed by atoms with Gasteiger partial charge in [0.2, 0.25) is 11.8 Å². The molecule has 0 spiro atoms. The van der Waals surface area contributed by atoms with Crippen LogP contribution in [0.5, 0.6) is 0 Å². The lowest BCUT2D eigenvalue weighted by Gasteiger charge is -2.49. The molecule has 11 heteroatoms. The van der Waals surface area contributed by atoms with E-state index in [0.717, 1.165) is 19.3 Å². The molecule has 4 fully saturated rings. The van der Waals surface area contributed by atoms with Crippen LogP contribution in [0.2, 0.25) is 0 Å². The maximum absolute atomic E-state index is 14.4. The van der Waals surface area contributed by atoms with Crippen LogP contribution < -0.4 is 0 Å². The van der Waals surface area contributed by atoms with Crippen LogP contribution in [0, 0.1) is 29.6 Å². The molecule has 0 aliphatic carbocycles. The zero-order valence-corrected chi connectivity index (χ0v) is 30.8. The van der Waals surface area contributed by atoms with Crippen molar-refractivity contribution in [3.8, 4) is 0 Å². The Morgan fingerprint density at radius 1 is 0.957 bits per heavy atom. The lowest BCUT2D eigenvalue weighted by molar-refractivity contribution is -0.312. The number of rotatable bonds is 5. The molecular weight excluding hydrogens is 604 g/mol. The number of carbonyl (C=O) groups is 2. The number of amides is 2. The summed E-state index contributed by atoms with van der Waals surface area (Å²) in [4.78, 5) is 31.4. The Kier molecular flexibility index (Phi) is 12.5. The summed E-state index contributed by atoms with van der Waals surface area (Å²) in [5, 5.41) is 23.3. The second-order valence-corrected chi connectivity index (χ2v) is 16.1. The maximum Gasteiger partial charge on any atom is 0.228 e. The summed E-state index contributed by atoms with van der Waals surface area (Å²) >= 11 is 0. The second kappa shape index (κ2) is 15.3. The van der Waals surface area contributed by atoms with Gasteiger partial charge >= 0.3 is 0 Å². The Balaban J connectivity index is 1.77. The van der Waals surface area contributed by atoms with E-state index in [1.54, 1.807) is 32.9 Å². The van der Waals surface area contributed by atoms with Crippen LogP contribution >= 0.6 is 0 Å². The minimum Gasteiger partial charge on any atom is -0.387 e. The molecule has 0 saturated carbocycles. The molecule has 0 aromatic rings. The first kappa shape index (κ1) is 38.5. The monoisotopic (exact) mass is 668 g/mol. The van der Waals surface area contributed by atoms with E-state index in [1.807, 2.05) is 39.5 Å². The Hall–Kier alpha value is -1.34. The van der Waals surface area contributed by atoms with Crippen molar-refractivity contribution >= 4 is 11.8 Å². The summed E-state index contributed by atoms with van der Waals surface area (Å²) in [6, 6.07) is -0.179. The minimum atomic E-state index is -1.36. The van der Waals surface area contributed by atoms with Gasteiger partial charge in [-0.15, -0.1) is 0 Å². The molecule has 15 atom stereocenters. The highest BCUT2D eigenvalue weighted by molar-refractivity contribution is 5.82. The fraction of sp³-hybridized carbons (Fsp3) is 0.944. The van der Waals surface area contributed by atoms with E-state index in [0.29, 0.717) is 25.4 Å². The molecule has 11 nitrogen and oxygen atoms in total. The zero-order valence-electron chi connectivity index (χ0n) is 30.8. The van der Waals surface area contributed by atoms with Crippen molar-refractivity contribution in [2.45, 2.75) is 161 Å². The van der Waals surface area contributed by atoms with Crippen molar-refractivity contribution in [3.63, 3.8) is 0 Å². The number of fused-ring (bicyclic) bond motifs is 1. The Morgan fingerprint density at radius 2 is 1.64 bits per heavy atom. The minimum absolute atomic E-state index is 0.00141. The number of carbonyl (C=O) groups excluding carboxylic acids is 2. The molecular formula is C36H64N2O9. The summed E-state index contributed by atoms with van der Waals surface area (Å²) < 4.78 is 32.1. The number of methoxy groups -OCH3 is 1. The summed E-state index contributed by atoms with van der Waals surface area (Å²) in [5.74, 6) is -0.826. The van der Waals surface area contributed by atoms with Crippen molar-refractivity contribution in [3.05, 3.63) is 0 Å². The first-order valence-corrected chi connectivity index (χ1v) is 18.0. The van der Waals surface area contributed by atoms with Crippen LogP contribution in [0.4, 0.5) is 0 Å². The highest BCUT2D eigenvalue weighted by atomic mass is 16.7. The Labute approximate surface area is 282 Å². The third-order valence-corrected chi connectivity index (χ3v) is 11.8. The van der Waals surface area contributed by atoms with Crippen molar-refractivity contribution < 1.29 is 43.5 Å². The van der Waals surface area contributed by atoms with Crippen LogP contribution in [-0.2, 0) is 33.3 Å². The molecule has 47 heavy (non-hydrogen) atoms. The fourth-order valence-corrected chi connectivity index (χ4v) is 8.74. The number of ether oxygens (including phenoxy) is 5. The topological polar surface area (TPSA) is 127 Å². The third kappa shape index (κ3) is 8.52. The predicted octanol–water partition coefficient (Wildman–Crippen LogP) is 3.97. The Bertz CT molecular complexity index is 1080. The van der Waals surface area contributed by atoms with Crippen LogP contribution in [0.3, 0.4) is 0 Å². The van der Waals surface area contributed by atoms with E-state index in [4.69, 9.17) is 23.7 Å². The van der Waals surface area contributed by atoms with Gasteiger partial charge in [-0.1, -0.05) is 34.6 Å². The van der Waals surface area contributed by atoms with Gasteiger partial charge in [-0.2, -0.15) is 0 Å². The highest BCUT2D eigenvalue weighted by Crippen LogP contribution is 2.41. The van der Waals surface area contributed by atoms with E-state index in [9.17, 15) is 19.8 Å². The van der Waals surface area contributed by atoms with Gasteiger partial charge in [-0.05, 0) is 65.2 Å². The molecule has 272 valence electrons. The Morgan fingerprint density at radius 3 is 2.30 bits per heavy atom. The first-order chi connectivity index (χ1) is 21.9. The number of aliphatic hydroxyl groups excluding tert-OH is 1. The van der Waals surface area contributed by atoms with Gasteiger partial charge in [0.05, 0.1) is 41.5 Å². The van der Waals surface area contributed by atoms with Gasteiger partial charge in [-0.25, -0.2) is 0 Å². The van der Waals surface area contributed by atoms with E-state index >= 15 is 0 Å². The molecule has 2 amide bonds. The van der Waals surface area contributed by atoms with Crippen LogP contribution in [-0.4, -0.2) is 119 Å². The summed E-state index contributed by atoms with van der Waals surface area (Å²) in [7, 11) is 3.37. The number of nitrogens with zero attached hydrogens (tertiary/aromatic N) is 2. The van der Waals surface area contributed by atoms with Gasteiger partial charge in [0.15, 0.2) is 12.6 Å². The van der Waals surface area contributed by atoms with Gasteiger partial charge < -0.3 is 43.7 Å². The molecule has 4 heterocycles. The van der Waals surface area contributed by atoms with Crippen LogP contribution in [0.1, 0.15) is 101 Å². The van der Waals surface area contributed by atoms with Gasteiger partial charge in [0, 0.05) is 58.0 Å². The molecule has 2 N–H and O–H groups in total. The van der Waals surface area contributed by atoms with E-state index in [2.05, 4.69) is 13.8 Å². The van der Waals surface area contributed by atoms with Crippen LogP contribution in [0.15, 0.2) is 0 Å². The molecule has 0 bridgehead atoms. The molecule has 0 aromatic carbocycles. The molecule has 4 aliphatic heterocycles. The molecule has 0 radical (unpaired) electrons. The third-order valence-electron chi connectivity index (χ3n) is 11.8. The van der Waals surface area contributed by atoms with Crippen molar-refractivity contribution in [2.24, 2.45) is 29.6 Å². The number of aliphatic hydroxyl groups is 2. The first-order valence-electron chi connectivity index (χ1n) is 18.0. The molecule has 4 saturated heterocycles. The molecule has 4 aliphatic rings. The fourth-order valence-electron chi connectivity index (χ4n) is 8.74. The number of hydrogen-bond acceptors (Lipinski definition) is 9. The standard InChI is InChI=1S/C36H64N2O9/c1-20-17-35(8,42)32(47-34-23(4)21(2)15-22(3)44-34)24(5)30(46-29-18-36(9,43-11)31(40)26(7)45-29)25(6)33(41)38-14-12-13-27(38)16-28(39)37(10)19-20/h20-27,29-32,34,40,42H,12-19H2,1-11H3/t20-,21+,22-,23-,24+,25-,26+,27+,29+,30+,31+,32-,34+,35-,36-/m1/s1. The van der Waals surface area contributed by atoms with Crippen LogP contribution in [0.25, 0.3) is 0 Å². The highest BCUT2D eigenvalue weighted by Gasteiger charge is 2.51. The van der Waals surface area contributed by atoms with E-state index < -0.39 is 60.0 Å². The molecule has 0 unspecified atom stereocenters. The average Bonchev–Trinajstić information content (AvgIpc) is 3.45. The van der Waals surface area contributed by atoms with Gasteiger partial charge in [0.1, 0.15) is 6.10 Å². The van der Waals surface area contributed by atoms with Gasteiger partial charge in [-0.3, -0.25) is 9.59 Å². The van der Waals surface area contributed by atoms with E-state index in [-0.39, 0.29) is 48.6 Å². The largest absolute Gasteiger partial charge is 0.387 e. The summed E-state index contributed by atoms with van der Waals surface area (Å²) in [5.41, 5.74) is -2.28. The average molecular weight is 669 g/mol. The quantitative estimate of drug-likeness (QED) is 0.448. The summed E-state index contributed by atoms with van der Waals surface area (Å²) in [6.45, 7) is 18.7. The van der Waals surface area contributed by atoms with Gasteiger partial charge in [0.25, 0.3) is 0 Å². The van der Waals surface area contributed by atoms with Crippen molar-refractivity contribution in [2.75, 3.05) is 27.2 Å². The lowest BCUT2D eigenvalue weighted by atomic mass is 9.77. The maximum atomic E-state index is 14.4. The second-order valence-electron chi connectivity index (χ2n) is 16.1. The molecule has 0 aromatic heterocycles. The number of hydrogen-bond donors (Lipinski definition) is 2. The molecule has 4 rings (SSSR count). The normalized spacial score (nSPS) is 47.9. The predicted molar refractivity (Wildman–Crippen MR) is 177 cm³/mol. The smallest absolute Gasteiger partial charge is 0.228 e. The van der Waals surface area contributed by atoms with Crippen molar-refractivity contribution in [1.82, 2.24) is 9.80 Å². The lowest BCUT2D eigenvalue weighted by Crippen LogP contribution is -2.59.